The predicted molar refractivity (Wildman–Crippen MR) is 66.2 cm³/mol. The number of aromatic carboxylic acids is 1. The molecule has 0 aliphatic carbocycles. The topological polar surface area (TPSA) is 40.5 Å². The van der Waals surface area contributed by atoms with Gasteiger partial charge in [0, 0.05) is 11.2 Å². The van der Waals surface area contributed by atoms with Crippen LogP contribution in [0.4, 0.5) is 0 Å². The lowest BCUT2D eigenvalue weighted by Gasteiger charge is -2.09. The van der Waals surface area contributed by atoms with E-state index in [1.807, 2.05) is 43.3 Å². The quantitative estimate of drug-likeness (QED) is 0.889. The predicted octanol–water partition coefficient (Wildman–Crippen LogP) is 2.66. The summed E-state index contributed by atoms with van der Waals surface area (Å²) in [7, 11) is 3.89. The van der Waals surface area contributed by atoms with Gasteiger partial charge in [0.25, 0.3) is 0 Å². The molecule has 0 spiro atoms. The van der Waals surface area contributed by atoms with E-state index in [1.165, 1.54) is 11.3 Å². The molecule has 0 fully saturated rings. The molecule has 0 aliphatic heterocycles. The molecule has 84 valence electrons. The number of rotatable bonds is 3. The molecule has 1 N–H and O–H groups in total. The summed E-state index contributed by atoms with van der Waals surface area (Å²) in [5.41, 5.74) is 0.915. The maximum atomic E-state index is 11.2. The fourth-order valence-corrected chi connectivity index (χ4v) is 2.80. The standard InChI is InChI=1S/C12H13NO2S/c1-13(2)7-9-8-5-3-4-6-10(8)16-11(9)12(14)15/h3-6H,7H2,1-2H3,(H,14,15). The van der Waals surface area contributed by atoms with Crippen LogP contribution < -0.4 is 0 Å². The van der Waals surface area contributed by atoms with Crippen LogP contribution in [0.3, 0.4) is 0 Å². The Balaban J connectivity index is 2.64. The molecule has 0 bridgehead atoms. The molecule has 2 aromatic rings. The third-order valence-electron chi connectivity index (χ3n) is 2.37. The number of carboxylic acids is 1. The highest BCUT2D eigenvalue weighted by molar-refractivity contribution is 7.21. The van der Waals surface area contributed by atoms with Crippen LogP contribution in [0.15, 0.2) is 24.3 Å². The Labute approximate surface area is 97.9 Å². The molecule has 1 aromatic carbocycles. The molecule has 4 heteroatoms. The maximum absolute atomic E-state index is 11.2. The van der Waals surface area contributed by atoms with Crippen molar-refractivity contribution < 1.29 is 9.90 Å². The van der Waals surface area contributed by atoms with Crippen LogP contribution in [-0.2, 0) is 6.54 Å². The van der Waals surface area contributed by atoms with Crippen LogP contribution in [0, 0.1) is 0 Å². The summed E-state index contributed by atoms with van der Waals surface area (Å²) >= 11 is 1.35. The van der Waals surface area contributed by atoms with Gasteiger partial charge in [-0.05, 0) is 31.1 Å². The first-order valence-electron chi connectivity index (χ1n) is 4.98. The van der Waals surface area contributed by atoms with Crippen LogP contribution in [0.2, 0.25) is 0 Å². The summed E-state index contributed by atoms with van der Waals surface area (Å²) < 4.78 is 1.04. The lowest BCUT2D eigenvalue weighted by molar-refractivity contribution is 0.0700. The van der Waals surface area contributed by atoms with Gasteiger partial charge in [0.1, 0.15) is 4.88 Å². The van der Waals surface area contributed by atoms with E-state index in [2.05, 4.69) is 0 Å². The van der Waals surface area contributed by atoms with Gasteiger partial charge in [-0.15, -0.1) is 11.3 Å². The first-order valence-corrected chi connectivity index (χ1v) is 5.79. The summed E-state index contributed by atoms with van der Waals surface area (Å²) in [6.45, 7) is 0.658. The first-order chi connectivity index (χ1) is 7.59. The summed E-state index contributed by atoms with van der Waals surface area (Å²) in [6.07, 6.45) is 0. The van der Waals surface area contributed by atoms with Crippen LogP contribution in [-0.4, -0.2) is 30.1 Å². The van der Waals surface area contributed by atoms with Gasteiger partial charge in [0.05, 0.1) is 0 Å². The van der Waals surface area contributed by atoms with Crippen molar-refractivity contribution in [3.8, 4) is 0 Å². The zero-order valence-corrected chi connectivity index (χ0v) is 10.0. The highest BCUT2D eigenvalue weighted by atomic mass is 32.1. The van der Waals surface area contributed by atoms with Crippen molar-refractivity contribution in [1.82, 2.24) is 4.90 Å². The minimum Gasteiger partial charge on any atom is -0.477 e. The van der Waals surface area contributed by atoms with Crippen molar-refractivity contribution in [2.75, 3.05) is 14.1 Å². The summed E-state index contributed by atoms with van der Waals surface area (Å²) in [5, 5.41) is 10.2. The van der Waals surface area contributed by atoms with E-state index in [9.17, 15) is 9.90 Å². The van der Waals surface area contributed by atoms with Crippen LogP contribution in [0.1, 0.15) is 15.2 Å². The van der Waals surface area contributed by atoms with E-state index < -0.39 is 5.97 Å². The second-order valence-electron chi connectivity index (χ2n) is 3.95. The molecule has 0 radical (unpaired) electrons. The van der Waals surface area contributed by atoms with Gasteiger partial charge in [-0.1, -0.05) is 18.2 Å². The van der Waals surface area contributed by atoms with E-state index in [4.69, 9.17) is 0 Å². The van der Waals surface area contributed by atoms with Crippen LogP contribution in [0.25, 0.3) is 10.1 Å². The average Bonchev–Trinajstić information content (AvgIpc) is 2.57. The molecular formula is C12H13NO2S. The van der Waals surface area contributed by atoms with Crippen molar-refractivity contribution in [2.45, 2.75) is 6.54 Å². The number of fused-ring (bicyclic) bond motifs is 1. The fraction of sp³-hybridized carbons (Fsp3) is 0.250. The molecule has 0 atom stereocenters. The van der Waals surface area contributed by atoms with Crippen molar-refractivity contribution >= 4 is 27.4 Å². The van der Waals surface area contributed by atoms with E-state index >= 15 is 0 Å². The normalized spacial score (nSPS) is 11.2. The van der Waals surface area contributed by atoms with Gasteiger partial charge < -0.3 is 10.0 Å². The monoisotopic (exact) mass is 235 g/mol. The lowest BCUT2D eigenvalue weighted by Crippen LogP contribution is -2.12. The van der Waals surface area contributed by atoms with Crippen molar-refractivity contribution in [3.63, 3.8) is 0 Å². The number of thiophene rings is 1. The minimum absolute atomic E-state index is 0.454. The molecule has 0 unspecified atom stereocenters. The van der Waals surface area contributed by atoms with Crippen molar-refractivity contribution in [3.05, 3.63) is 34.7 Å². The SMILES string of the molecule is CN(C)Cc1c(C(=O)O)sc2ccccc12. The molecule has 0 aliphatic rings. The molecule has 0 saturated carbocycles. The van der Waals surface area contributed by atoms with Crippen molar-refractivity contribution in [2.24, 2.45) is 0 Å². The third kappa shape index (κ3) is 1.94. The van der Waals surface area contributed by atoms with Crippen LogP contribution >= 0.6 is 11.3 Å². The fourth-order valence-electron chi connectivity index (χ4n) is 1.74. The van der Waals surface area contributed by atoms with E-state index in [0.29, 0.717) is 11.4 Å². The average molecular weight is 235 g/mol. The first kappa shape index (κ1) is 11.1. The van der Waals surface area contributed by atoms with Gasteiger partial charge >= 0.3 is 5.97 Å². The smallest absolute Gasteiger partial charge is 0.346 e. The molecule has 1 aromatic heterocycles. The Morgan fingerprint density at radius 3 is 2.69 bits per heavy atom. The van der Waals surface area contributed by atoms with E-state index in [1.54, 1.807) is 0 Å². The number of carbonyl (C=O) groups is 1. The largest absolute Gasteiger partial charge is 0.477 e. The Morgan fingerprint density at radius 2 is 2.06 bits per heavy atom. The van der Waals surface area contributed by atoms with Gasteiger partial charge in [0.2, 0.25) is 0 Å². The Morgan fingerprint density at radius 1 is 1.38 bits per heavy atom. The maximum Gasteiger partial charge on any atom is 0.346 e. The number of hydrogen-bond acceptors (Lipinski definition) is 3. The number of carboxylic acid groups (broad SMARTS) is 1. The Bertz CT molecular complexity index is 531. The number of hydrogen-bond donors (Lipinski definition) is 1. The Kier molecular flexibility index (Phi) is 2.94. The molecule has 16 heavy (non-hydrogen) atoms. The van der Waals surface area contributed by atoms with Crippen LogP contribution in [0.5, 0.6) is 0 Å². The molecule has 0 saturated heterocycles. The molecule has 2 rings (SSSR count). The molecular weight excluding hydrogens is 222 g/mol. The highest BCUT2D eigenvalue weighted by Gasteiger charge is 2.17. The zero-order valence-electron chi connectivity index (χ0n) is 9.23. The van der Waals surface area contributed by atoms with Gasteiger partial charge in [-0.3, -0.25) is 0 Å². The number of nitrogens with zero attached hydrogens (tertiary/aromatic N) is 1. The van der Waals surface area contributed by atoms with Gasteiger partial charge in [-0.25, -0.2) is 4.79 Å². The second-order valence-corrected chi connectivity index (χ2v) is 5.00. The van der Waals surface area contributed by atoms with E-state index in [-0.39, 0.29) is 0 Å². The molecule has 3 nitrogen and oxygen atoms in total. The number of benzene rings is 1. The zero-order chi connectivity index (χ0) is 11.7. The molecule has 1 heterocycles. The minimum atomic E-state index is -0.835. The summed E-state index contributed by atoms with van der Waals surface area (Å²) in [4.78, 5) is 13.6. The summed E-state index contributed by atoms with van der Waals surface area (Å²) in [6, 6.07) is 7.83. The van der Waals surface area contributed by atoms with Gasteiger partial charge in [0.15, 0.2) is 0 Å². The third-order valence-corrected chi connectivity index (χ3v) is 3.57. The lowest BCUT2D eigenvalue weighted by atomic mass is 10.1. The summed E-state index contributed by atoms with van der Waals surface area (Å²) in [5.74, 6) is -0.835. The Hall–Kier alpha value is -1.39. The molecule has 0 amide bonds. The van der Waals surface area contributed by atoms with Gasteiger partial charge in [-0.2, -0.15) is 0 Å². The second kappa shape index (κ2) is 4.23. The van der Waals surface area contributed by atoms with Crippen molar-refractivity contribution in [1.29, 1.82) is 0 Å². The highest BCUT2D eigenvalue weighted by Crippen LogP contribution is 2.31. The van der Waals surface area contributed by atoms with E-state index in [0.717, 1.165) is 15.6 Å².